The van der Waals surface area contributed by atoms with Crippen molar-refractivity contribution in [1.82, 2.24) is 15.5 Å². The van der Waals surface area contributed by atoms with E-state index in [9.17, 15) is 4.79 Å². The smallest absolute Gasteiger partial charge is 0.225 e. The molecule has 4 rings (SSSR count). The Morgan fingerprint density at radius 2 is 1.97 bits per heavy atom. The minimum atomic E-state index is 0. The lowest BCUT2D eigenvalue weighted by atomic mass is 9.88. The first-order valence-corrected chi connectivity index (χ1v) is 10.9. The topological polar surface area (TPSA) is 69.9 Å². The Labute approximate surface area is 195 Å². The van der Waals surface area contributed by atoms with Crippen LogP contribution in [0.4, 0.5) is 0 Å². The van der Waals surface area contributed by atoms with E-state index in [1.807, 2.05) is 23.1 Å². The van der Waals surface area contributed by atoms with Crippen molar-refractivity contribution in [3.8, 4) is 0 Å². The quantitative estimate of drug-likeness (QED) is 0.358. The molecule has 1 aliphatic heterocycles. The molecule has 0 bridgehead atoms. The normalized spacial score (nSPS) is 20.3. The molecule has 164 valence electrons. The number of rotatable bonds is 4. The number of fused-ring (bicyclic) bond motifs is 1. The van der Waals surface area contributed by atoms with Gasteiger partial charge < -0.3 is 20.0 Å². The number of guanidine groups is 1. The molecule has 30 heavy (non-hydrogen) atoms. The summed E-state index contributed by atoms with van der Waals surface area (Å²) in [4.78, 5) is 19.2. The highest BCUT2D eigenvalue weighted by Gasteiger charge is 2.31. The number of aliphatic imine (C=N–C) groups is 1. The molecule has 1 saturated heterocycles. The molecule has 1 saturated carbocycles. The Morgan fingerprint density at radius 3 is 2.70 bits per heavy atom. The first kappa shape index (κ1) is 22.9. The summed E-state index contributed by atoms with van der Waals surface area (Å²) in [6.07, 6.45) is 6.76. The maximum Gasteiger partial charge on any atom is 0.225 e. The minimum Gasteiger partial charge on any atom is -0.459 e. The summed E-state index contributed by atoms with van der Waals surface area (Å²) in [6, 6.07) is 8.34. The fraction of sp³-hybridized carbons (Fsp3) is 0.565. The Balaban J connectivity index is 0.00000256. The van der Waals surface area contributed by atoms with Crippen LogP contribution >= 0.6 is 24.0 Å². The molecule has 1 atom stereocenters. The second kappa shape index (κ2) is 10.5. The minimum absolute atomic E-state index is 0. The molecule has 6 nitrogen and oxygen atoms in total. The van der Waals surface area contributed by atoms with Crippen molar-refractivity contribution >= 4 is 46.8 Å². The van der Waals surface area contributed by atoms with E-state index < -0.39 is 0 Å². The van der Waals surface area contributed by atoms with E-state index in [4.69, 9.17) is 4.42 Å². The zero-order valence-electron chi connectivity index (χ0n) is 17.9. The number of halogens is 1. The number of para-hydroxylation sites is 1. The number of aryl methyl sites for hydroxylation is 1. The van der Waals surface area contributed by atoms with Gasteiger partial charge in [0.15, 0.2) is 5.96 Å². The molecular formula is C23H33IN4O2. The first-order chi connectivity index (χ1) is 14.2. The SMILES string of the molecule is CN=C(NCc1oc2ccccc2c1C)NC1CCN(C(=O)C2CCCCC2)C1.I. The van der Waals surface area contributed by atoms with Crippen molar-refractivity contribution in [3.63, 3.8) is 0 Å². The zero-order chi connectivity index (χ0) is 20.2. The Kier molecular flexibility index (Phi) is 8.02. The predicted molar refractivity (Wildman–Crippen MR) is 131 cm³/mol. The van der Waals surface area contributed by atoms with E-state index in [0.29, 0.717) is 12.5 Å². The number of likely N-dealkylation sites (tertiary alicyclic amines) is 1. The van der Waals surface area contributed by atoms with E-state index in [-0.39, 0.29) is 35.9 Å². The molecule has 0 radical (unpaired) electrons. The fourth-order valence-corrected chi connectivity index (χ4v) is 4.63. The van der Waals surface area contributed by atoms with Crippen molar-refractivity contribution in [2.24, 2.45) is 10.9 Å². The summed E-state index contributed by atoms with van der Waals surface area (Å²) in [7, 11) is 1.78. The highest BCUT2D eigenvalue weighted by Crippen LogP contribution is 2.27. The third-order valence-corrected chi connectivity index (χ3v) is 6.38. The highest BCUT2D eigenvalue weighted by molar-refractivity contribution is 14.0. The lowest BCUT2D eigenvalue weighted by Crippen LogP contribution is -2.45. The molecule has 2 aromatic rings. The average Bonchev–Trinajstić information content (AvgIpc) is 3.36. The van der Waals surface area contributed by atoms with Gasteiger partial charge in [-0.3, -0.25) is 9.79 Å². The molecule has 0 spiro atoms. The third kappa shape index (κ3) is 5.10. The summed E-state index contributed by atoms with van der Waals surface area (Å²) < 4.78 is 5.98. The molecule has 2 aliphatic rings. The van der Waals surface area contributed by atoms with Crippen molar-refractivity contribution < 1.29 is 9.21 Å². The van der Waals surface area contributed by atoms with Gasteiger partial charge in [0.2, 0.25) is 5.91 Å². The van der Waals surface area contributed by atoms with Crippen molar-refractivity contribution in [2.75, 3.05) is 20.1 Å². The summed E-state index contributed by atoms with van der Waals surface area (Å²) in [5.74, 6) is 2.28. The molecule has 2 heterocycles. The van der Waals surface area contributed by atoms with Crippen molar-refractivity contribution in [2.45, 2.75) is 58.0 Å². The van der Waals surface area contributed by atoms with Gasteiger partial charge >= 0.3 is 0 Å². The van der Waals surface area contributed by atoms with E-state index in [0.717, 1.165) is 60.6 Å². The molecule has 2 fully saturated rings. The van der Waals surface area contributed by atoms with Gasteiger partial charge in [-0.15, -0.1) is 24.0 Å². The van der Waals surface area contributed by atoms with Gasteiger partial charge in [0.1, 0.15) is 11.3 Å². The van der Waals surface area contributed by atoms with Crippen LogP contribution in [-0.4, -0.2) is 42.9 Å². The number of hydrogen-bond acceptors (Lipinski definition) is 3. The number of nitrogens with zero attached hydrogens (tertiary/aromatic N) is 2. The second-order valence-corrected chi connectivity index (χ2v) is 8.32. The number of carbonyl (C=O) groups excluding carboxylic acids is 1. The average molecular weight is 524 g/mol. The number of nitrogens with one attached hydrogen (secondary N) is 2. The van der Waals surface area contributed by atoms with Crippen LogP contribution in [0, 0.1) is 12.8 Å². The van der Waals surface area contributed by atoms with Crippen LogP contribution in [0.15, 0.2) is 33.7 Å². The van der Waals surface area contributed by atoms with Crippen molar-refractivity contribution in [3.05, 3.63) is 35.6 Å². The van der Waals surface area contributed by atoms with Crippen LogP contribution in [0.3, 0.4) is 0 Å². The number of carbonyl (C=O) groups is 1. The summed E-state index contributed by atoms with van der Waals surface area (Å²) in [5, 5.41) is 8.00. The predicted octanol–water partition coefficient (Wildman–Crippen LogP) is 4.21. The van der Waals surface area contributed by atoms with Crippen molar-refractivity contribution in [1.29, 1.82) is 0 Å². The summed E-state index contributed by atoms with van der Waals surface area (Å²) in [5.41, 5.74) is 2.08. The maximum atomic E-state index is 12.8. The lowest BCUT2D eigenvalue weighted by molar-refractivity contribution is -0.135. The monoisotopic (exact) mass is 524 g/mol. The zero-order valence-corrected chi connectivity index (χ0v) is 20.3. The Hall–Kier alpha value is -1.77. The van der Waals surface area contributed by atoms with Gasteiger partial charge in [0, 0.05) is 43.0 Å². The van der Waals surface area contributed by atoms with Gasteiger partial charge in [-0.25, -0.2) is 0 Å². The second-order valence-electron chi connectivity index (χ2n) is 8.32. The van der Waals surface area contributed by atoms with E-state index >= 15 is 0 Å². The number of hydrogen-bond donors (Lipinski definition) is 2. The third-order valence-electron chi connectivity index (χ3n) is 6.38. The molecule has 1 unspecified atom stereocenters. The number of amides is 1. The van der Waals surface area contributed by atoms with E-state index in [1.54, 1.807) is 7.05 Å². The molecule has 2 N–H and O–H groups in total. The molecule has 1 aromatic heterocycles. The summed E-state index contributed by atoms with van der Waals surface area (Å²) in [6.45, 7) is 4.27. The Morgan fingerprint density at radius 1 is 1.20 bits per heavy atom. The molecule has 1 amide bonds. The van der Waals surface area contributed by atoms with Gasteiger partial charge in [-0.2, -0.15) is 0 Å². The lowest BCUT2D eigenvalue weighted by Gasteiger charge is -2.26. The van der Waals surface area contributed by atoms with Gasteiger partial charge in [0.05, 0.1) is 6.54 Å². The first-order valence-electron chi connectivity index (χ1n) is 10.9. The largest absolute Gasteiger partial charge is 0.459 e. The molecular weight excluding hydrogens is 491 g/mol. The standard InChI is InChI=1S/C23H32N4O2.HI/c1-16-19-10-6-7-11-20(19)29-21(16)14-25-23(24-2)26-18-12-13-27(15-18)22(28)17-8-4-3-5-9-17;/h6-7,10-11,17-18H,3-5,8-9,12-15H2,1-2H3,(H2,24,25,26);1H. The van der Waals surface area contributed by atoms with Crippen LogP contribution in [-0.2, 0) is 11.3 Å². The highest BCUT2D eigenvalue weighted by atomic mass is 127. The van der Waals surface area contributed by atoms with Crippen LogP contribution in [0.25, 0.3) is 11.0 Å². The summed E-state index contributed by atoms with van der Waals surface area (Å²) >= 11 is 0. The fourth-order valence-electron chi connectivity index (χ4n) is 4.63. The van der Waals surface area contributed by atoms with Gasteiger partial charge in [-0.1, -0.05) is 37.5 Å². The van der Waals surface area contributed by atoms with Crippen LogP contribution in [0.1, 0.15) is 49.8 Å². The Bertz CT molecular complexity index is 888. The van der Waals surface area contributed by atoms with Crippen LogP contribution in [0.2, 0.25) is 0 Å². The number of benzene rings is 1. The maximum absolute atomic E-state index is 12.8. The molecule has 1 aromatic carbocycles. The van der Waals surface area contributed by atoms with Gasteiger partial charge in [-0.05, 0) is 32.3 Å². The molecule has 1 aliphatic carbocycles. The number of furan rings is 1. The van der Waals surface area contributed by atoms with E-state index in [2.05, 4.69) is 28.6 Å². The van der Waals surface area contributed by atoms with E-state index in [1.165, 1.54) is 19.3 Å². The van der Waals surface area contributed by atoms with Crippen LogP contribution < -0.4 is 10.6 Å². The van der Waals surface area contributed by atoms with Gasteiger partial charge in [0.25, 0.3) is 0 Å². The van der Waals surface area contributed by atoms with Crippen LogP contribution in [0.5, 0.6) is 0 Å². The molecule has 7 heteroatoms.